The van der Waals surface area contributed by atoms with E-state index in [1.165, 1.54) is 6.08 Å². The van der Waals surface area contributed by atoms with Crippen LogP contribution < -0.4 is 0 Å². The van der Waals surface area contributed by atoms with E-state index in [4.69, 9.17) is 5.11 Å². The Hall–Kier alpha value is -2.66. The first-order valence-corrected chi connectivity index (χ1v) is 9.23. The van der Waals surface area contributed by atoms with E-state index in [-0.39, 0.29) is 24.2 Å². The van der Waals surface area contributed by atoms with Crippen molar-refractivity contribution in [1.82, 2.24) is 0 Å². The van der Waals surface area contributed by atoms with Gasteiger partial charge in [0.05, 0.1) is 0 Å². The zero-order valence-electron chi connectivity index (χ0n) is 15.7. The first-order chi connectivity index (χ1) is 13.0. The number of allylic oxidation sites excluding steroid dienone is 3. The Morgan fingerprint density at radius 1 is 0.889 bits per heavy atom. The molecule has 0 atom stereocenters. The molecule has 0 bridgehead atoms. The molecule has 146 valence electrons. The maximum absolute atomic E-state index is 11.6. The number of unbranched alkanes of at least 4 members (excludes halogenated alkanes) is 2. The van der Waals surface area contributed by atoms with Crippen molar-refractivity contribution in [3.63, 3.8) is 0 Å². The van der Waals surface area contributed by atoms with Crippen molar-refractivity contribution in [2.45, 2.75) is 45.4 Å². The van der Waals surface area contributed by atoms with Crippen LogP contribution in [0.25, 0.3) is 6.08 Å². The van der Waals surface area contributed by atoms with E-state index in [1.807, 2.05) is 37.3 Å². The number of hydrogen-bond donors (Lipinski definition) is 3. The Bertz CT molecular complexity index is 699. The van der Waals surface area contributed by atoms with Gasteiger partial charge in [0, 0.05) is 17.8 Å². The van der Waals surface area contributed by atoms with Crippen LogP contribution in [0.4, 0.5) is 0 Å². The molecule has 0 aliphatic rings. The van der Waals surface area contributed by atoms with Crippen LogP contribution in [0.5, 0.6) is 0 Å². The molecular weight excluding hydrogens is 344 g/mol. The van der Waals surface area contributed by atoms with Gasteiger partial charge in [0.25, 0.3) is 0 Å². The van der Waals surface area contributed by atoms with Crippen LogP contribution in [0.3, 0.4) is 0 Å². The Morgan fingerprint density at radius 2 is 1.44 bits per heavy atom. The second kappa shape index (κ2) is 12.7. The molecule has 3 N–H and O–H groups in total. The average molecular weight is 372 g/mol. The average Bonchev–Trinajstić information content (AvgIpc) is 2.64. The van der Waals surface area contributed by atoms with Gasteiger partial charge in [-0.3, -0.25) is 0 Å². The van der Waals surface area contributed by atoms with E-state index in [2.05, 4.69) is 0 Å². The number of aliphatic hydroxyl groups is 1. The predicted octanol–water partition coefficient (Wildman–Crippen LogP) is 4.44. The van der Waals surface area contributed by atoms with Crippen molar-refractivity contribution in [1.29, 1.82) is 0 Å². The van der Waals surface area contributed by atoms with Gasteiger partial charge in [-0.05, 0) is 55.0 Å². The van der Waals surface area contributed by atoms with Gasteiger partial charge in [-0.15, -0.1) is 0 Å². The molecule has 0 radical (unpaired) electrons. The number of carboxylic acids is 2. The van der Waals surface area contributed by atoms with Crippen LogP contribution in [0.2, 0.25) is 0 Å². The largest absolute Gasteiger partial charge is 0.478 e. The zero-order chi connectivity index (χ0) is 20.1. The Labute approximate surface area is 160 Å². The molecule has 0 aromatic heterocycles. The Morgan fingerprint density at radius 3 is 1.93 bits per heavy atom. The van der Waals surface area contributed by atoms with Crippen molar-refractivity contribution < 1.29 is 24.9 Å². The molecular formula is C22H28O5. The number of rotatable bonds is 12. The highest BCUT2D eigenvalue weighted by molar-refractivity contribution is 5.90. The minimum absolute atomic E-state index is 0.102. The highest BCUT2D eigenvalue weighted by Crippen LogP contribution is 2.19. The number of hydrogen-bond acceptors (Lipinski definition) is 3. The van der Waals surface area contributed by atoms with Gasteiger partial charge in [0.15, 0.2) is 0 Å². The summed E-state index contributed by atoms with van der Waals surface area (Å²) in [5.41, 5.74) is 1.77. The Balaban J connectivity index is 3.31. The highest BCUT2D eigenvalue weighted by atomic mass is 16.4. The smallest absolute Gasteiger partial charge is 0.331 e. The molecule has 0 saturated heterocycles. The molecule has 0 unspecified atom stereocenters. The molecule has 0 heterocycles. The Kier molecular flexibility index (Phi) is 10.5. The fraction of sp³-hybridized carbons (Fsp3) is 0.364. The first-order valence-electron chi connectivity index (χ1n) is 9.23. The molecule has 0 aliphatic carbocycles. The SMILES string of the molecule is CCCCCC(=CC(=Cc1ccccc1)C=C(CCCO)C(=O)O)C(=O)O. The molecule has 0 spiro atoms. The number of carboxylic acid groups (broad SMARTS) is 2. The van der Waals surface area contributed by atoms with E-state index in [0.29, 0.717) is 18.4 Å². The summed E-state index contributed by atoms with van der Waals surface area (Å²) < 4.78 is 0. The summed E-state index contributed by atoms with van der Waals surface area (Å²) in [6.45, 7) is 1.95. The van der Waals surface area contributed by atoms with Crippen molar-refractivity contribution in [3.8, 4) is 0 Å². The second-order valence-electron chi connectivity index (χ2n) is 6.29. The summed E-state index contributed by atoms with van der Waals surface area (Å²) in [4.78, 5) is 23.1. The summed E-state index contributed by atoms with van der Waals surface area (Å²) in [6, 6.07) is 9.33. The number of carbonyl (C=O) groups is 2. The van der Waals surface area contributed by atoms with Gasteiger partial charge >= 0.3 is 11.9 Å². The van der Waals surface area contributed by atoms with E-state index in [9.17, 15) is 19.8 Å². The minimum Gasteiger partial charge on any atom is -0.478 e. The van der Waals surface area contributed by atoms with Gasteiger partial charge < -0.3 is 15.3 Å². The third-order valence-electron chi connectivity index (χ3n) is 4.02. The van der Waals surface area contributed by atoms with Gasteiger partial charge in [-0.25, -0.2) is 9.59 Å². The van der Waals surface area contributed by atoms with E-state index < -0.39 is 11.9 Å². The van der Waals surface area contributed by atoms with E-state index in [1.54, 1.807) is 12.2 Å². The maximum atomic E-state index is 11.6. The van der Waals surface area contributed by atoms with Crippen molar-refractivity contribution >= 4 is 18.0 Å². The molecule has 0 saturated carbocycles. The first kappa shape index (κ1) is 22.4. The molecule has 1 aromatic rings. The molecule has 1 rings (SSSR count). The third kappa shape index (κ3) is 9.01. The van der Waals surface area contributed by atoms with Crippen LogP contribution >= 0.6 is 0 Å². The lowest BCUT2D eigenvalue weighted by Gasteiger charge is -2.06. The number of aliphatic hydroxyl groups excluding tert-OH is 1. The van der Waals surface area contributed by atoms with Crippen LogP contribution in [0.15, 0.2) is 59.2 Å². The molecule has 5 heteroatoms. The highest BCUT2D eigenvalue weighted by Gasteiger charge is 2.11. The van der Waals surface area contributed by atoms with Crippen LogP contribution in [-0.4, -0.2) is 33.9 Å². The van der Waals surface area contributed by atoms with Crippen molar-refractivity contribution in [2.24, 2.45) is 0 Å². The van der Waals surface area contributed by atoms with Gasteiger partial charge in [0.1, 0.15) is 0 Å². The fourth-order valence-electron chi connectivity index (χ4n) is 2.59. The summed E-state index contributed by atoms with van der Waals surface area (Å²) in [5, 5.41) is 27.9. The topological polar surface area (TPSA) is 94.8 Å². The van der Waals surface area contributed by atoms with Gasteiger partial charge in [-0.1, -0.05) is 50.1 Å². The summed E-state index contributed by atoms with van der Waals surface area (Å²) in [6.07, 6.45) is 8.49. The molecule has 0 fully saturated rings. The lowest BCUT2D eigenvalue weighted by molar-refractivity contribution is -0.133. The lowest BCUT2D eigenvalue weighted by atomic mass is 10.00. The molecule has 0 amide bonds. The quantitative estimate of drug-likeness (QED) is 0.286. The van der Waals surface area contributed by atoms with Crippen LogP contribution in [0, 0.1) is 0 Å². The van der Waals surface area contributed by atoms with Crippen LogP contribution in [0.1, 0.15) is 51.0 Å². The standard InChI is InChI=1S/C22H28O5/c1-2-3-5-11-19(21(24)25)15-18(14-17-9-6-4-7-10-17)16-20(22(26)27)12-8-13-23/h4,6-7,9-10,14-16,23H,2-3,5,8,11-13H2,1H3,(H,24,25)(H,26,27). The molecule has 5 nitrogen and oxygen atoms in total. The summed E-state index contributed by atoms with van der Waals surface area (Å²) in [7, 11) is 0. The van der Waals surface area contributed by atoms with Crippen molar-refractivity contribution in [3.05, 3.63) is 64.8 Å². The third-order valence-corrected chi connectivity index (χ3v) is 4.02. The lowest BCUT2D eigenvalue weighted by Crippen LogP contribution is -2.04. The molecule has 0 aliphatic heterocycles. The van der Waals surface area contributed by atoms with Gasteiger partial charge in [-0.2, -0.15) is 0 Å². The normalized spacial score (nSPS) is 12.9. The predicted molar refractivity (Wildman–Crippen MR) is 106 cm³/mol. The van der Waals surface area contributed by atoms with E-state index >= 15 is 0 Å². The van der Waals surface area contributed by atoms with Crippen LogP contribution in [-0.2, 0) is 9.59 Å². The second-order valence-corrected chi connectivity index (χ2v) is 6.29. The molecule has 27 heavy (non-hydrogen) atoms. The zero-order valence-corrected chi connectivity index (χ0v) is 15.7. The van der Waals surface area contributed by atoms with E-state index in [0.717, 1.165) is 24.8 Å². The van der Waals surface area contributed by atoms with Gasteiger partial charge in [0.2, 0.25) is 0 Å². The summed E-state index contributed by atoms with van der Waals surface area (Å²) >= 11 is 0. The molecule has 1 aromatic carbocycles. The summed E-state index contributed by atoms with van der Waals surface area (Å²) in [5.74, 6) is -2.07. The number of aliphatic carboxylic acids is 2. The minimum atomic E-state index is -1.07. The number of benzene rings is 1. The monoisotopic (exact) mass is 372 g/mol. The van der Waals surface area contributed by atoms with Crippen molar-refractivity contribution in [2.75, 3.05) is 6.61 Å². The fourth-order valence-corrected chi connectivity index (χ4v) is 2.59. The maximum Gasteiger partial charge on any atom is 0.331 e.